The number of hydrogen-bond donors (Lipinski definition) is 2. The van der Waals surface area contributed by atoms with Crippen LogP contribution in [0.5, 0.6) is 0 Å². The molecule has 1 amide bonds. The Kier molecular flexibility index (Phi) is 4.18. The number of fused-ring (bicyclic) bond motifs is 1. The van der Waals surface area contributed by atoms with Gasteiger partial charge >= 0.3 is 6.18 Å². The zero-order valence-electron chi connectivity index (χ0n) is 14.7. The molecule has 0 radical (unpaired) electrons. The van der Waals surface area contributed by atoms with E-state index in [9.17, 15) is 18.0 Å². The summed E-state index contributed by atoms with van der Waals surface area (Å²) in [5, 5.41) is 3.27. The average Bonchev–Trinajstić information content (AvgIpc) is 3.27. The Morgan fingerprint density at radius 2 is 1.96 bits per heavy atom. The molecule has 0 fully saturated rings. The second kappa shape index (κ2) is 6.56. The van der Waals surface area contributed by atoms with E-state index < -0.39 is 17.6 Å². The first-order valence-electron chi connectivity index (χ1n) is 8.42. The Labute approximate surface area is 157 Å². The largest absolute Gasteiger partial charge is 0.416 e. The molecule has 0 saturated carbocycles. The van der Waals surface area contributed by atoms with Gasteiger partial charge in [-0.25, -0.2) is 4.98 Å². The number of carbonyl (C=O) groups excluding carboxylic acids is 1. The lowest BCUT2D eigenvalue weighted by Gasteiger charge is -2.13. The summed E-state index contributed by atoms with van der Waals surface area (Å²) in [7, 11) is 0. The van der Waals surface area contributed by atoms with Gasteiger partial charge in [-0.3, -0.25) is 4.79 Å². The quantitative estimate of drug-likeness (QED) is 0.526. The van der Waals surface area contributed by atoms with Crippen LogP contribution in [0.1, 0.15) is 21.6 Å². The number of H-pyrrole nitrogens is 1. The number of nitrogens with one attached hydrogen (secondary N) is 2. The second-order valence-electron chi connectivity index (χ2n) is 6.39. The highest BCUT2D eigenvalue weighted by Gasteiger charge is 2.31. The highest BCUT2D eigenvalue weighted by molar-refractivity contribution is 6.12. The number of alkyl halides is 3. The van der Waals surface area contributed by atoms with Crippen LogP contribution in [0.25, 0.3) is 16.6 Å². The SMILES string of the molecule is Cc1cn(-c2cc(NC(=O)c3c[nH]c4ccccc34)cc(C(F)(F)F)c2)cn1. The van der Waals surface area contributed by atoms with E-state index in [1.54, 1.807) is 25.3 Å². The van der Waals surface area contributed by atoms with E-state index in [1.165, 1.54) is 23.2 Å². The number of rotatable bonds is 3. The molecule has 0 atom stereocenters. The third-order valence-corrected chi connectivity index (χ3v) is 4.35. The molecule has 0 unspecified atom stereocenters. The molecule has 8 heteroatoms. The van der Waals surface area contributed by atoms with E-state index in [2.05, 4.69) is 15.3 Å². The van der Waals surface area contributed by atoms with Gasteiger partial charge < -0.3 is 14.9 Å². The maximum atomic E-state index is 13.3. The predicted octanol–water partition coefficient (Wildman–Crippen LogP) is 4.93. The summed E-state index contributed by atoms with van der Waals surface area (Å²) in [6.07, 6.45) is 0.0243. The number of aromatic nitrogens is 3. The zero-order chi connectivity index (χ0) is 19.9. The van der Waals surface area contributed by atoms with E-state index in [-0.39, 0.29) is 11.4 Å². The Bertz CT molecular complexity index is 1170. The average molecular weight is 384 g/mol. The number of carbonyl (C=O) groups is 1. The summed E-state index contributed by atoms with van der Waals surface area (Å²) < 4.78 is 41.5. The fourth-order valence-electron chi connectivity index (χ4n) is 3.02. The van der Waals surface area contributed by atoms with E-state index in [0.717, 1.165) is 17.6 Å². The molecule has 4 rings (SSSR count). The molecule has 0 aliphatic rings. The third kappa shape index (κ3) is 3.36. The van der Waals surface area contributed by atoms with E-state index in [4.69, 9.17) is 0 Å². The van der Waals surface area contributed by atoms with Crippen molar-refractivity contribution in [2.24, 2.45) is 0 Å². The fraction of sp³-hybridized carbons (Fsp3) is 0.100. The molecule has 0 saturated heterocycles. The van der Waals surface area contributed by atoms with Crippen LogP contribution in [0.15, 0.2) is 61.2 Å². The summed E-state index contributed by atoms with van der Waals surface area (Å²) in [5.74, 6) is -0.496. The first kappa shape index (κ1) is 17.8. The van der Waals surface area contributed by atoms with Crippen molar-refractivity contribution in [3.05, 3.63) is 78.0 Å². The van der Waals surface area contributed by atoms with Gasteiger partial charge in [-0.05, 0) is 31.2 Å². The number of benzene rings is 2. The molecule has 5 nitrogen and oxygen atoms in total. The highest BCUT2D eigenvalue weighted by atomic mass is 19.4. The van der Waals surface area contributed by atoms with Gasteiger partial charge in [0.05, 0.1) is 23.1 Å². The Morgan fingerprint density at radius 3 is 2.68 bits per heavy atom. The van der Waals surface area contributed by atoms with Gasteiger partial charge in [-0.15, -0.1) is 0 Å². The molecule has 0 bridgehead atoms. The molecule has 2 N–H and O–H groups in total. The van der Waals surface area contributed by atoms with Crippen molar-refractivity contribution < 1.29 is 18.0 Å². The summed E-state index contributed by atoms with van der Waals surface area (Å²) in [6, 6.07) is 10.6. The number of aryl methyl sites for hydroxylation is 1. The lowest BCUT2D eigenvalue weighted by Crippen LogP contribution is -2.13. The molecular weight excluding hydrogens is 369 g/mol. The van der Waals surface area contributed by atoms with Gasteiger partial charge in [-0.1, -0.05) is 18.2 Å². The van der Waals surface area contributed by atoms with E-state index in [0.29, 0.717) is 16.6 Å². The van der Waals surface area contributed by atoms with Crippen LogP contribution in [-0.4, -0.2) is 20.4 Å². The van der Waals surface area contributed by atoms with Gasteiger partial charge in [0.25, 0.3) is 5.91 Å². The van der Waals surface area contributed by atoms with Crippen LogP contribution in [0.4, 0.5) is 18.9 Å². The van der Waals surface area contributed by atoms with Crippen LogP contribution in [0.3, 0.4) is 0 Å². The van der Waals surface area contributed by atoms with Crippen LogP contribution < -0.4 is 5.32 Å². The normalized spacial score (nSPS) is 11.7. The van der Waals surface area contributed by atoms with Crippen LogP contribution in [0, 0.1) is 6.92 Å². The first-order valence-corrected chi connectivity index (χ1v) is 8.42. The van der Waals surface area contributed by atoms with Crippen molar-refractivity contribution >= 4 is 22.5 Å². The minimum Gasteiger partial charge on any atom is -0.360 e. The van der Waals surface area contributed by atoms with Crippen molar-refractivity contribution in [3.63, 3.8) is 0 Å². The molecule has 2 aromatic heterocycles. The van der Waals surface area contributed by atoms with Gasteiger partial charge in [-0.2, -0.15) is 13.2 Å². The van der Waals surface area contributed by atoms with Gasteiger partial charge in [0.1, 0.15) is 0 Å². The lowest BCUT2D eigenvalue weighted by molar-refractivity contribution is -0.137. The third-order valence-electron chi connectivity index (χ3n) is 4.35. The van der Waals surface area contributed by atoms with Crippen LogP contribution in [-0.2, 0) is 6.18 Å². The molecule has 2 aromatic carbocycles. The number of aromatic amines is 1. The topological polar surface area (TPSA) is 62.7 Å². The zero-order valence-corrected chi connectivity index (χ0v) is 14.7. The lowest BCUT2D eigenvalue weighted by atomic mass is 10.1. The van der Waals surface area contributed by atoms with Gasteiger partial charge in [0.15, 0.2) is 0 Å². The number of hydrogen-bond acceptors (Lipinski definition) is 2. The summed E-state index contributed by atoms with van der Waals surface area (Å²) in [5.41, 5.74) is 1.24. The number of para-hydroxylation sites is 1. The number of halogens is 3. The van der Waals surface area contributed by atoms with Crippen molar-refractivity contribution in [1.29, 1.82) is 0 Å². The molecule has 28 heavy (non-hydrogen) atoms. The standard InChI is InChI=1S/C20H15F3N4O/c1-12-10-27(11-25-12)15-7-13(20(21,22)23)6-14(8-15)26-19(28)17-9-24-18-5-3-2-4-16(17)18/h2-11,24H,1H3,(H,26,28). The number of amides is 1. The first-order chi connectivity index (χ1) is 13.3. The van der Waals surface area contributed by atoms with Crippen molar-refractivity contribution in [3.8, 4) is 5.69 Å². The maximum Gasteiger partial charge on any atom is 0.416 e. The van der Waals surface area contributed by atoms with E-state index in [1.807, 2.05) is 12.1 Å². The molecule has 0 aliphatic heterocycles. The summed E-state index contributed by atoms with van der Waals surface area (Å²) in [6.45, 7) is 1.74. The number of anilines is 1. The monoisotopic (exact) mass is 384 g/mol. The molecule has 2 heterocycles. The Balaban J connectivity index is 1.73. The molecule has 142 valence electrons. The van der Waals surface area contributed by atoms with Gasteiger partial charge in [0, 0.05) is 34.7 Å². The Morgan fingerprint density at radius 1 is 1.18 bits per heavy atom. The smallest absolute Gasteiger partial charge is 0.360 e. The van der Waals surface area contributed by atoms with Crippen molar-refractivity contribution in [2.75, 3.05) is 5.32 Å². The maximum absolute atomic E-state index is 13.3. The van der Waals surface area contributed by atoms with Crippen molar-refractivity contribution in [2.45, 2.75) is 13.1 Å². The van der Waals surface area contributed by atoms with Crippen molar-refractivity contribution in [1.82, 2.24) is 14.5 Å². The summed E-state index contributed by atoms with van der Waals surface area (Å²) in [4.78, 5) is 19.7. The molecule has 0 aliphatic carbocycles. The summed E-state index contributed by atoms with van der Waals surface area (Å²) >= 11 is 0. The Hall–Kier alpha value is -3.55. The minimum absolute atomic E-state index is 0.0476. The molecule has 0 spiro atoms. The molecule has 4 aromatic rings. The van der Waals surface area contributed by atoms with Gasteiger partial charge in [0.2, 0.25) is 0 Å². The number of imidazole rings is 1. The van der Waals surface area contributed by atoms with E-state index >= 15 is 0 Å². The van der Waals surface area contributed by atoms with Crippen LogP contribution >= 0.6 is 0 Å². The second-order valence-corrected chi connectivity index (χ2v) is 6.39. The molecular formula is C20H15F3N4O. The minimum atomic E-state index is -4.55. The number of nitrogens with zero attached hydrogens (tertiary/aromatic N) is 2. The highest BCUT2D eigenvalue weighted by Crippen LogP contribution is 2.33. The van der Waals surface area contributed by atoms with Crippen LogP contribution in [0.2, 0.25) is 0 Å². The predicted molar refractivity (Wildman–Crippen MR) is 99.6 cm³/mol. The fourth-order valence-corrected chi connectivity index (χ4v) is 3.02.